The molecule has 1 aromatic rings. The number of carbonyl (C=O) groups excluding carboxylic acids is 1. The molecule has 0 radical (unpaired) electrons. The van der Waals surface area contributed by atoms with E-state index in [4.69, 9.17) is 9.47 Å². The zero-order valence-electron chi connectivity index (χ0n) is 15.3. The molecule has 0 saturated carbocycles. The normalized spacial score (nSPS) is 22.3. The van der Waals surface area contributed by atoms with Gasteiger partial charge in [-0.05, 0) is 62.6 Å². The standard InChI is InChI=1S/C21H28O3/c1-13-9-14(2)19(15(3)10-13)20-18(23-4)12-17(21(20)22)11-16-5-7-24-8-6-16/h9-10,16-17H,5-8,11-12H2,1-4H3. The van der Waals surface area contributed by atoms with E-state index >= 15 is 0 Å². The second kappa shape index (κ2) is 7.10. The number of aryl methyl sites for hydroxylation is 3. The van der Waals surface area contributed by atoms with Crippen LogP contribution in [0.5, 0.6) is 0 Å². The van der Waals surface area contributed by atoms with Gasteiger partial charge in [-0.1, -0.05) is 17.7 Å². The lowest BCUT2D eigenvalue weighted by atomic mass is 9.85. The number of Topliss-reactive ketones (excluding diaryl/α,β-unsaturated/α-hetero) is 1. The van der Waals surface area contributed by atoms with Gasteiger partial charge in [-0.2, -0.15) is 0 Å². The van der Waals surface area contributed by atoms with Gasteiger partial charge >= 0.3 is 0 Å². The molecule has 1 aliphatic carbocycles. The minimum Gasteiger partial charge on any atom is -0.500 e. The molecule has 2 aliphatic rings. The number of benzene rings is 1. The third-order valence-electron chi connectivity index (χ3n) is 5.46. The van der Waals surface area contributed by atoms with Gasteiger partial charge in [-0.25, -0.2) is 0 Å². The molecule has 1 fully saturated rings. The Hall–Kier alpha value is -1.61. The molecule has 1 aromatic carbocycles. The van der Waals surface area contributed by atoms with Crippen LogP contribution in [-0.4, -0.2) is 26.1 Å². The topological polar surface area (TPSA) is 35.5 Å². The van der Waals surface area contributed by atoms with Gasteiger partial charge in [0, 0.05) is 25.6 Å². The lowest BCUT2D eigenvalue weighted by Crippen LogP contribution is -2.21. The molecule has 1 atom stereocenters. The molecule has 0 bridgehead atoms. The van der Waals surface area contributed by atoms with E-state index in [1.807, 2.05) is 0 Å². The number of allylic oxidation sites excluding steroid dienone is 2. The zero-order chi connectivity index (χ0) is 17.3. The zero-order valence-corrected chi connectivity index (χ0v) is 15.3. The van der Waals surface area contributed by atoms with Gasteiger partial charge in [0.2, 0.25) is 0 Å². The van der Waals surface area contributed by atoms with Crippen molar-refractivity contribution in [3.63, 3.8) is 0 Å². The molecule has 24 heavy (non-hydrogen) atoms. The number of carbonyl (C=O) groups is 1. The van der Waals surface area contributed by atoms with Crippen LogP contribution in [0.25, 0.3) is 5.57 Å². The summed E-state index contributed by atoms with van der Waals surface area (Å²) in [7, 11) is 1.69. The molecular weight excluding hydrogens is 300 g/mol. The Morgan fingerprint density at radius 2 is 1.75 bits per heavy atom. The highest BCUT2D eigenvalue weighted by Crippen LogP contribution is 2.41. The number of hydrogen-bond donors (Lipinski definition) is 0. The van der Waals surface area contributed by atoms with Crippen molar-refractivity contribution < 1.29 is 14.3 Å². The Balaban J connectivity index is 1.88. The Morgan fingerprint density at radius 3 is 2.33 bits per heavy atom. The predicted molar refractivity (Wildman–Crippen MR) is 95.9 cm³/mol. The summed E-state index contributed by atoms with van der Waals surface area (Å²) in [5.41, 5.74) is 5.47. The number of rotatable bonds is 4. The summed E-state index contributed by atoms with van der Waals surface area (Å²) in [6.07, 6.45) is 3.85. The molecule has 0 aromatic heterocycles. The second-order valence-corrected chi connectivity index (χ2v) is 7.33. The Kier molecular flexibility index (Phi) is 5.09. The third-order valence-corrected chi connectivity index (χ3v) is 5.46. The van der Waals surface area contributed by atoms with Crippen molar-refractivity contribution in [3.05, 3.63) is 40.1 Å². The summed E-state index contributed by atoms with van der Waals surface area (Å²) in [5.74, 6) is 1.81. The quantitative estimate of drug-likeness (QED) is 0.823. The average Bonchev–Trinajstić information content (AvgIpc) is 2.84. The van der Waals surface area contributed by atoms with Gasteiger partial charge in [-0.3, -0.25) is 4.79 Å². The van der Waals surface area contributed by atoms with Crippen molar-refractivity contribution in [2.45, 2.75) is 46.5 Å². The monoisotopic (exact) mass is 328 g/mol. The van der Waals surface area contributed by atoms with Crippen LogP contribution in [0.4, 0.5) is 0 Å². The van der Waals surface area contributed by atoms with Crippen LogP contribution in [0.2, 0.25) is 0 Å². The molecule has 1 saturated heterocycles. The first-order valence-corrected chi connectivity index (χ1v) is 8.98. The Bertz CT molecular complexity index is 643. The van der Waals surface area contributed by atoms with Gasteiger partial charge in [0.1, 0.15) is 5.76 Å². The highest BCUT2D eigenvalue weighted by molar-refractivity contribution is 6.25. The van der Waals surface area contributed by atoms with Gasteiger partial charge in [-0.15, -0.1) is 0 Å². The molecule has 1 unspecified atom stereocenters. The van der Waals surface area contributed by atoms with Crippen LogP contribution in [0, 0.1) is 32.6 Å². The van der Waals surface area contributed by atoms with Crippen LogP contribution in [0.15, 0.2) is 17.9 Å². The first kappa shape index (κ1) is 17.2. The molecule has 3 rings (SSSR count). The fraction of sp³-hybridized carbons (Fsp3) is 0.571. The fourth-order valence-corrected chi connectivity index (χ4v) is 4.36. The number of ether oxygens (including phenoxy) is 2. The van der Waals surface area contributed by atoms with Gasteiger partial charge in [0.15, 0.2) is 5.78 Å². The van der Waals surface area contributed by atoms with E-state index in [9.17, 15) is 4.79 Å². The highest BCUT2D eigenvalue weighted by atomic mass is 16.5. The van der Waals surface area contributed by atoms with Gasteiger partial charge < -0.3 is 9.47 Å². The van der Waals surface area contributed by atoms with Crippen LogP contribution < -0.4 is 0 Å². The molecule has 130 valence electrons. The van der Waals surface area contributed by atoms with E-state index in [0.717, 1.165) is 66.9 Å². The maximum absolute atomic E-state index is 13.2. The smallest absolute Gasteiger partial charge is 0.170 e. The lowest BCUT2D eigenvalue weighted by Gasteiger charge is -2.24. The van der Waals surface area contributed by atoms with Crippen molar-refractivity contribution in [2.24, 2.45) is 11.8 Å². The maximum atomic E-state index is 13.2. The van der Waals surface area contributed by atoms with E-state index in [0.29, 0.717) is 5.92 Å². The summed E-state index contributed by atoms with van der Waals surface area (Å²) >= 11 is 0. The van der Waals surface area contributed by atoms with Crippen molar-refractivity contribution in [1.82, 2.24) is 0 Å². The molecule has 3 heteroatoms. The first-order chi connectivity index (χ1) is 11.5. The van der Waals surface area contributed by atoms with Crippen molar-refractivity contribution in [2.75, 3.05) is 20.3 Å². The van der Waals surface area contributed by atoms with E-state index < -0.39 is 0 Å². The largest absolute Gasteiger partial charge is 0.500 e. The summed E-state index contributed by atoms with van der Waals surface area (Å²) in [6, 6.07) is 4.31. The molecule has 0 amide bonds. The SMILES string of the molecule is COC1=C(c2c(C)cc(C)cc2C)C(=O)C(CC2CCOCC2)C1. The van der Waals surface area contributed by atoms with Crippen LogP contribution >= 0.6 is 0 Å². The van der Waals surface area contributed by atoms with E-state index in [2.05, 4.69) is 32.9 Å². The molecular formula is C21H28O3. The first-order valence-electron chi connectivity index (χ1n) is 8.98. The second-order valence-electron chi connectivity index (χ2n) is 7.33. The highest BCUT2D eigenvalue weighted by Gasteiger charge is 2.37. The number of hydrogen-bond acceptors (Lipinski definition) is 3. The van der Waals surface area contributed by atoms with E-state index in [1.54, 1.807) is 7.11 Å². The molecule has 1 aliphatic heterocycles. The Morgan fingerprint density at radius 1 is 1.12 bits per heavy atom. The summed E-state index contributed by atoms with van der Waals surface area (Å²) in [6.45, 7) is 7.95. The summed E-state index contributed by atoms with van der Waals surface area (Å²) in [4.78, 5) is 13.2. The Labute approximate surface area is 145 Å². The molecule has 0 spiro atoms. The van der Waals surface area contributed by atoms with E-state index in [-0.39, 0.29) is 11.7 Å². The predicted octanol–water partition coefficient (Wildman–Crippen LogP) is 4.38. The van der Waals surface area contributed by atoms with Crippen LogP contribution in [0.3, 0.4) is 0 Å². The number of ketones is 1. The summed E-state index contributed by atoms with van der Waals surface area (Å²) < 4.78 is 11.1. The lowest BCUT2D eigenvalue weighted by molar-refractivity contribution is -0.117. The molecule has 0 N–H and O–H groups in total. The average molecular weight is 328 g/mol. The fourth-order valence-electron chi connectivity index (χ4n) is 4.36. The summed E-state index contributed by atoms with van der Waals surface area (Å²) in [5, 5.41) is 0. The van der Waals surface area contributed by atoms with E-state index in [1.165, 1.54) is 5.56 Å². The molecule has 1 heterocycles. The molecule has 3 nitrogen and oxygen atoms in total. The minimum absolute atomic E-state index is 0.0677. The van der Waals surface area contributed by atoms with Gasteiger partial charge in [0.25, 0.3) is 0 Å². The minimum atomic E-state index is 0.0677. The van der Waals surface area contributed by atoms with Gasteiger partial charge in [0.05, 0.1) is 12.7 Å². The van der Waals surface area contributed by atoms with Crippen molar-refractivity contribution in [3.8, 4) is 0 Å². The maximum Gasteiger partial charge on any atom is 0.170 e. The third kappa shape index (κ3) is 3.27. The number of methoxy groups -OCH3 is 1. The van der Waals surface area contributed by atoms with Crippen LogP contribution in [-0.2, 0) is 14.3 Å². The van der Waals surface area contributed by atoms with Crippen molar-refractivity contribution in [1.29, 1.82) is 0 Å². The van der Waals surface area contributed by atoms with Crippen LogP contribution in [0.1, 0.15) is 47.9 Å². The van der Waals surface area contributed by atoms with Crippen molar-refractivity contribution >= 4 is 11.4 Å².